The average molecular weight is 652 g/mol. The molecule has 4 rings (SSSR count). The van der Waals surface area contributed by atoms with E-state index in [4.69, 9.17) is 14.9 Å². The quantitative estimate of drug-likeness (QED) is 0.170. The number of nitrogens with one attached hydrogen (secondary N) is 4. The third-order valence-electron chi connectivity index (χ3n) is 8.64. The van der Waals surface area contributed by atoms with Crippen LogP contribution in [0.25, 0.3) is 11.1 Å². The van der Waals surface area contributed by atoms with Crippen LogP contribution >= 0.6 is 0 Å². The zero-order valence-corrected chi connectivity index (χ0v) is 26.4. The summed E-state index contributed by atoms with van der Waals surface area (Å²) >= 11 is 0. The predicted molar refractivity (Wildman–Crippen MR) is 169 cm³/mol. The molecule has 0 saturated carbocycles. The molecule has 0 bridgehead atoms. The third kappa shape index (κ3) is 8.44. The Morgan fingerprint density at radius 1 is 0.936 bits per heavy atom. The summed E-state index contributed by atoms with van der Waals surface area (Å²) in [6, 6.07) is 12.5. The first-order valence-corrected chi connectivity index (χ1v) is 15.6. The number of carboxylic acids is 1. The second kappa shape index (κ2) is 16.0. The summed E-state index contributed by atoms with van der Waals surface area (Å²) in [4.78, 5) is 76.4. The normalized spacial score (nSPS) is 17.0. The highest BCUT2D eigenvalue weighted by atomic mass is 16.5. The molecule has 14 heteroatoms. The molecule has 1 saturated heterocycles. The number of aliphatic hydroxyl groups excluding tert-OH is 1. The fourth-order valence-corrected chi connectivity index (χ4v) is 5.90. The average Bonchev–Trinajstić information content (AvgIpc) is 3.69. The highest BCUT2D eigenvalue weighted by Crippen LogP contribution is 2.44. The maximum atomic E-state index is 13.3. The molecular formula is C33H41N5O9. The monoisotopic (exact) mass is 651 g/mol. The lowest BCUT2D eigenvalue weighted by molar-refractivity contribution is -0.142. The van der Waals surface area contributed by atoms with Gasteiger partial charge >= 0.3 is 12.1 Å². The largest absolute Gasteiger partial charge is 0.480 e. The van der Waals surface area contributed by atoms with Gasteiger partial charge in [0.15, 0.2) is 0 Å². The van der Waals surface area contributed by atoms with Crippen molar-refractivity contribution in [1.29, 1.82) is 0 Å². The lowest BCUT2D eigenvalue weighted by Crippen LogP contribution is -2.57. The molecule has 1 aliphatic carbocycles. The predicted octanol–water partition coefficient (Wildman–Crippen LogP) is 0.725. The number of aliphatic carboxylic acids is 1. The second-order valence-electron chi connectivity index (χ2n) is 11.7. The highest BCUT2D eigenvalue weighted by Gasteiger charge is 2.37. The van der Waals surface area contributed by atoms with Crippen molar-refractivity contribution in [3.8, 4) is 11.1 Å². The lowest BCUT2D eigenvalue weighted by Gasteiger charge is -2.28. The van der Waals surface area contributed by atoms with Crippen LogP contribution in [0.5, 0.6) is 0 Å². The molecule has 47 heavy (non-hydrogen) atoms. The molecule has 1 fully saturated rings. The number of rotatable bonds is 14. The van der Waals surface area contributed by atoms with Gasteiger partial charge in [0.1, 0.15) is 31.3 Å². The van der Waals surface area contributed by atoms with Gasteiger partial charge in [0.05, 0.1) is 13.2 Å². The standard InChI is InChI=1S/C33H41N5O9/c1-3-19(2)29(31(43)34-15-27(40)36-25(17-39)32(44)45)37-30(42)26-13-8-14-38(26)28(41)16-35-33(46)47-18-24-22-11-6-4-9-20(22)21-10-5-7-12-23(21)24/h4-7,9-12,19,24-26,29,39H,3,8,13-18H2,1-2H3,(H,34,43)(H,35,46)(H,36,40)(H,37,42)(H,44,45)/t19-,25-,26-,29-/m0/s1. The Balaban J connectivity index is 1.28. The number of fused-ring (bicyclic) bond motifs is 3. The molecule has 0 radical (unpaired) electrons. The van der Waals surface area contributed by atoms with Crippen LogP contribution in [0.3, 0.4) is 0 Å². The zero-order valence-electron chi connectivity index (χ0n) is 26.4. The summed E-state index contributed by atoms with van der Waals surface area (Å²) in [5.74, 6) is -4.42. The second-order valence-corrected chi connectivity index (χ2v) is 11.7. The number of carboxylic acid groups (broad SMARTS) is 1. The van der Waals surface area contributed by atoms with E-state index in [0.717, 1.165) is 22.3 Å². The Morgan fingerprint density at radius 3 is 2.17 bits per heavy atom. The van der Waals surface area contributed by atoms with Crippen molar-refractivity contribution in [2.24, 2.45) is 5.92 Å². The van der Waals surface area contributed by atoms with Gasteiger partial charge in [-0.1, -0.05) is 68.8 Å². The van der Waals surface area contributed by atoms with Gasteiger partial charge in [-0.2, -0.15) is 0 Å². The topological polar surface area (TPSA) is 203 Å². The van der Waals surface area contributed by atoms with E-state index in [0.29, 0.717) is 25.8 Å². The van der Waals surface area contributed by atoms with E-state index in [2.05, 4.69) is 21.3 Å². The number of benzene rings is 2. The number of likely N-dealkylation sites (tertiary alicyclic amines) is 1. The number of carbonyl (C=O) groups excluding carboxylic acids is 5. The van der Waals surface area contributed by atoms with Gasteiger partial charge in [-0.3, -0.25) is 19.2 Å². The van der Waals surface area contributed by atoms with Crippen LogP contribution in [0, 0.1) is 5.92 Å². The van der Waals surface area contributed by atoms with Crippen molar-refractivity contribution < 1.29 is 43.7 Å². The minimum absolute atomic E-state index is 0.0884. The molecule has 5 amide bonds. The van der Waals surface area contributed by atoms with Crippen LogP contribution in [0.1, 0.15) is 50.2 Å². The molecule has 2 aromatic rings. The van der Waals surface area contributed by atoms with Crippen LogP contribution in [0.4, 0.5) is 4.79 Å². The molecule has 1 heterocycles. The number of nitrogens with zero attached hydrogens (tertiary/aromatic N) is 1. The number of hydrogen-bond acceptors (Lipinski definition) is 8. The van der Waals surface area contributed by atoms with Gasteiger partial charge in [0, 0.05) is 12.5 Å². The Hall–Kier alpha value is -4.98. The number of alkyl carbamates (subject to hydrolysis) is 1. The summed E-state index contributed by atoms with van der Waals surface area (Å²) in [6.45, 7) is 2.18. The molecule has 2 aliphatic rings. The first-order valence-electron chi connectivity index (χ1n) is 15.6. The Kier molecular flexibility index (Phi) is 11.9. The van der Waals surface area contributed by atoms with Crippen molar-refractivity contribution in [3.63, 3.8) is 0 Å². The molecule has 2 aromatic carbocycles. The first-order chi connectivity index (χ1) is 22.5. The number of aliphatic hydroxyl groups is 1. The van der Waals surface area contributed by atoms with Crippen molar-refractivity contribution >= 4 is 35.7 Å². The minimum Gasteiger partial charge on any atom is -0.480 e. The molecule has 4 atom stereocenters. The summed E-state index contributed by atoms with van der Waals surface area (Å²) < 4.78 is 5.51. The molecule has 0 unspecified atom stereocenters. The summed E-state index contributed by atoms with van der Waals surface area (Å²) in [5.41, 5.74) is 4.31. The van der Waals surface area contributed by atoms with E-state index in [1.807, 2.05) is 55.5 Å². The molecule has 6 N–H and O–H groups in total. The number of carbonyl (C=O) groups is 6. The lowest BCUT2D eigenvalue weighted by atomic mass is 9.97. The highest BCUT2D eigenvalue weighted by molar-refractivity contribution is 5.95. The fraction of sp³-hybridized carbons (Fsp3) is 0.455. The van der Waals surface area contributed by atoms with Crippen LogP contribution in [-0.2, 0) is 28.7 Å². The smallest absolute Gasteiger partial charge is 0.407 e. The maximum absolute atomic E-state index is 13.3. The Morgan fingerprint density at radius 2 is 1.57 bits per heavy atom. The van der Waals surface area contributed by atoms with Crippen LogP contribution in [0.15, 0.2) is 48.5 Å². The van der Waals surface area contributed by atoms with E-state index in [1.54, 1.807) is 6.92 Å². The Bertz CT molecular complexity index is 1450. The fourth-order valence-electron chi connectivity index (χ4n) is 5.90. The minimum atomic E-state index is -1.52. The van der Waals surface area contributed by atoms with Gasteiger partial charge in [0.2, 0.25) is 23.6 Å². The molecular weight excluding hydrogens is 610 g/mol. The summed E-state index contributed by atoms with van der Waals surface area (Å²) in [5, 5.41) is 27.7. The SMILES string of the molecule is CC[C@H](C)[C@H](NC(=O)[C@@H]1CCCN1C(=O)CNC(=O)OCC1c2ccccc2-c2ccccc21)C(=O)NCC(=O)N[C@@H](CO)C(=O)O. The van der Waals surface area contributed by atoms with Crippen LogP contribution < -0.4 is 21.3 Å². The van der Waals surface area contributed by atoms with Crippen LogP contribution in [-0.4, -0.2) is 102 Å². The van der Waals surface area contributed by atoms with Crippen LogP contribution in [0.2, 0.25) is 0 Å². The first kappa shape index (κ1) is 34.9. The van der Waals surface area contributed by atoms with Crippen molar-refractivity contribution in [2.45, 2.75) is 57.2 Å². The summed E-state index contributed by atoms with van der Waals surface area (Å²) in [7, 11) is 0. The van der Waals surface area contributed by atoms with E-state index in [9.17, 15) is 28.8 Å². The van der Waals surface area contributed by atoms with Crippen molar-refractivity contribution in [1.82, 2.24) is 26.2 Å². The van der Waals surface area contributed by atoms with Gasteiger partial charge in [-0.25, -0.2) is 9.59 Å². The third-order valence-corrected chi connectivity index (χ3v) is 8.64. The molecule has 0 spiro atoms. The molecule has 14 nitrogen and oxygen atoms in total. The molecule has 0 aromatic heterocycles. The van der Waals surface area contributed by atoms with Crippen molar-refractivity contribution in [2.75, 3.05) is 32.8 Å². The van der Waals surface area contributed by atoms with Gasteiger partial charge in [0.25, 0.3) is 0 Å². The molecule has 1 aliphatic heterocycles. The zero-order chi connectivity index (χ0) is 34.1. The van der Waals surface area contributed by atoms with Crippen molar-refractivity contribution in [3.05, 3.63) is 59.7 Å². The van der Waals surface area contributed by atoms with E-state index in [1.165, 1.54) is 4.90 Å². The van der Waals surface area contributed by atoms with E-state index >= 15 is 0 Å². The van der Waals surface area contributed by atoms with Gasteiger partial charge in [-0.05, 0) is 41.0 Å². The van der Waals surface area contributed by atoms with Gasteiger partial charge in [-0.15, -0.1) is 0 Å². The maximum Gasteiger partial charge on any atom is 0.407 e. The van der Waals surface area contributed by atoms with E-state index in [-0.39, 0.29) is 25.0 Å². The molecule has 252 valence electrons. The number of ether oxygens (including phenoxy) is 1. The number of hydrogen-bond donors (Lipinski definition) is 6. The van der Waals surface area contributed by atoms with Gasteiger partial charge < -0.3 is 41.1 Å². The Labute approximate surface area is 272 Å². The summed E-state index contributed by atoms with van der Waals surface area (Å²) in [6.07, 6.45) is 0.655. The number of amides is 5. The van der Waals surface area contributed by atoms with E-state index < -0.39 is 67.0 Å².